The van der Waals surface area contributed by atoms with E-state index in [4.69, 9.17) is 0 Å². The summed E-state index contributed by atoms with van der Waals surface area (Å²) >= 11 is 0. The average Bonchev–Trinajstić information content (AvgIpc) is 2.95. The van der Waals surface area contributed by atoms with Crippen LogP contribution in [0.2, 0.25) is 0 Å². The number of carbonyl (C=O) groups excluding carboxylic acids is 3. The highest BCUT2D eigenvalue weighted by Crippen LogP contribution is 2.14. The third-order valence-electron chi connectivity index (χ3n) is 4.96. The quantitative estimate of drug-likeness (QED) is 0.766. The number of piperazine rings is 1. The number of hydrogen-bond donors (Lipinski definition) is 1. The van der Waals surface area contributed by atoms with Crippen LogP contribution < -0.4 is 5.32 Å². The van der Waals surface area contributed by atoms with Crippen molar-refractivity contribution in [3.05, 3.63) is 29.8 Å². The summed E-state index contributed by atoms with van der Waals surface area (Å²) in [6.07, 6.45) is 0.644. The summed E-state index contributed by atoms with van der Waals surface area (Å²) in [5.74, 6) is -0.559. The van der Waals surface area contributed by atoms with Crippen LogP contribution in [-0.2, 0) is 20.9 Å². The van der Waals surface area contributed by atoms with Gasteiger partial charge in [-0.1, -0.05) is 12.1 Å². The molecule has 7 heteroatoms. The van der Waals surface area contributed by atoms with E-state index in [1.54, 1.807) is 0 Å². The molecule has 3 rings (SSSR count). The van der Waals surface area contributed by atoms with Crippen LogP contribution in [-0.4, -0.2) is 72.2 Å². The molecule has 0 spiro atoms. The molecule has 7 nitrogen and oxygen atoms in total. The lowest BCUT2D eigenvalue weighted by Gasteiger charge is -2.32. The van der Waals surface area contributed by atoms with Crippen LogP contribution in [0.1, 0.15) is 24.8 Å². The lowest BCUT2D eigenvalue weighted by atomic mass is 10.1. The second-order valence-corrected chi connectivity index (χ2v) is 7.01. The van der Waals surface area contributed by atoms with Crippen molar-refractivity contribution in [1.29, 1.82) is 0 Å². The van der Waals surface area contributed by atoms with Crippen molar-refractivity contribution in [3.63, 3.8) is 0 Å². The van der Waals surface area contributed by atoms with Gasteiger partial charge in [0.25, 0.3) is 0 Å². The normalized spacial score (nSPS) is 19.2. The molecule has 2 saturated heterocycles. The Morgan fingerprint density at radius 1 is 1.00 bits per heavy atom. The van der Waals surface area contributed by atoms with E-state index in [9.17, 15) is 14.4 Å². The zero-order chi connectivity index (χ0) is 18.5. The molecule has 0 aromatic heterocycles. The molecule has 3 amide bonds. The standard InChI is InChI=1S/C19H26N4O3/c1-21-10-12-22(13-11-21)14-15-2-4-16(5-3-15)20-17(24)8-9-23-18(25)6-7-19(23)26/h2-5H,6-14H2,1H3,(H,20,24). The molecule has 1 N–H and O–H groups in total. The van der Waals surface area contributed by atoms with Gasteiger partial charge in [-0.15, -0.1) is 0 Å². The number of likely N-dealkylation sites (N-methyl/N-ethyl adjacent to an activating group) is 1. The molecule has 0 radical (unpaired) electrons. The van der Waals surface area contributed by atoms with Gasteiger partial charge in [0.1, 0.15) is 0 Å². The van der Waals surface area contributed by atoms with Crippen molar-refractivity contribution in [1.82, 2.24) is 14.7 Å². The molecule has 1 aromatic rings. The van der Waals surface area contributed by atoms with E-state index in [0.29, 0.717) is 0 Å². The van der Waals surface area contributed by atoms with Crippen LogP contribution in [0.15, 0.2) is 24.3 Å². The van der Waals surface area contributed by atoms with Crippen LogP contribution >= 0.6 is 0 Å². The van der Waals surface area contributed by atoms with Crippen LogP contribution in [0, 0.1) is 0 Å². The number of nitrogens with one attached hydrogen (secondary N) is 1. The Balaban J connectivity index is 1.44. The molecule has 0 bridgehead atoms. The van der Waals surface area contributed by atoms with Crippen molar-refractivity contribution >= 4 is 23.4 Å². The number of likely N-dealkylation sites (tertiary alicyclic amines) is 1. The number of amides is 3. The molecule has 0 atom stereocenters. The summed E-state index contributed by atoms with van der Waals surface area (Å²) < 4.78 is 0. The molecule has 1 aromatic carbocycles. The minimum atomic E-state index is -0.190. The van der Waals surface area contributed by atoms with E-state index in [-0.39, 0.29) is 43.5 Å². The summed E-state index contributed by atoms with van der Waals surface area (Å²) in [6, 6.07) is 7.86. The van der Waals surface area contributed by atoms with Gasteiger partial charge in [0, 0.05) is 64.2 Å². The zero-order valence-corrected chi connectivity index (χ0v) is 15.2. The number of rotatable bonds is 6. The molecular weight excluding hydrogens is 332 g/mol. The topological polar surface area (TPSA) is 73.0 Å². The fourth-order valence-electron chi connectivity index (χ4n) is 3.27. The summed E-state index contributed by atoms with van der Waals surface area (Å²) in [7, 11) is 2.14. The Morgan fingerprint density at radius 3 is 2.23 bits per heavy atom. The fraction of sp³-hybridized carbons (Fsp3) is 0.526. The highest BCUT2D eigenvalue weighted by atomic mass is 16.2. The fourth-order valence-corrected chi connectivity index (χ4v) is 3.27. The Bertz CT molecular complexity index is 650. The van der Waals surface area contributed by atoms with E-state index in [1.165, 1.54) is 10.5 Å². The van der Waals surface area contributed by atoms with Gasteiger partial charge in [-0.3, -0.25) is 24.2 Å². The maximum absolute atomic E-state index is 12.0. The van der Waals surface area contributed by atoms with Gasteiger partial charge in [-0.05, 0) is 24.7 Å². The largest absolute Gasteiger partial charge is 0.326 e. The molecule has 140 valence electrons. The van der Waals surface area contributed by atoms with Gasteiger partial charge < -0.3 is 10.2 Å². The van der Waals surface area contributed by atoms with Crippen LogP contribution in [0.4, 0.5) is 5.69 Å². The second-order valence-electron chi connectivity index (χ2n) is 7.01. The lowest BCUT2D eigenvalue weighted by Crippen LogP contribution is -2.43. The van der Waals surface area contributed by atoms with Gasteiger partial charge in [0.2, 0.25) is 17.7 Å². The van der Waals surface area contributed by atoms with Gasteiger partial charge in [-0.25, -0.2) is 0 Å². The van der Waals surface area contributed by atoms with Gasteiger partial charge in [-0.2, -0.15) is 0 Å². The van der Waals surface area contributed by atoms with E-state index >= 15 is 0 Å². The molecule has 0 saturated carbocycles. The maximum atomic E-state index is 12.0. The zero-order valence-electron chi connectivity index (χ0n) is 15.2. The average molecular weight is 358 g/mol. The molecule has 2 aliphatic heterocycles. The minimum absolute atomic E-state index is 0.126. The molecule has 0 unspecified atom stereocenters. The van der Waals surface area contributed by atoms with Crippen LogP contribution in [0.5, 0.6) is 0 Å². The number of anilines is 1. The Kier molecular flexibility index (Phi) is 6.00. The Labute approximate surface area is 153 Å². The predicted molar refractivity (Wildman–Crippen MR) is 98.4 cm³/mol. The number of benzene rings is 1. The number of carbonyl (C=O) groups is 3. The van der Waals surface area contributed by atoms with Gasteiger partial charge in [0.15, 0.2) is 0 Å². The highest BCUT2D eigenvalue weighted by Gasteiger charge is 2.28. The smallest absolute Gasteiger partial charge is 0.229 e. The van der Waals surface area contributed by atoms with Crippen molar-refractivity contribution in [3.8, 4) is 0 Å². The summed E-state index contributed by atoms with van der Waals surface area (Å²) in [5, 5.41) is 2.82. The molecule has 26 heavy (non-hydrogen) atoms. The Hall–Kier alpha value is -2.25. The maximum Gasteiger partial charge on any atom is 0.229 e. The van der Waals surface area contributed by atoms with Crippen molar-refractivity contribution < 1.29 is 14.4 Å². The first-order valence-electron chi connectivity index (χ1n) is 9.14. The van der Waals surface area contributed by atoms with Gasteiger partial charge in [0.05, 0.1) is 0 Å². The first-order chi connectivity index (χ1) is 12.5. The summed E-state index contributed by atoms with van der Waals surface area (Å²) in [5.41, 5.74) is 1.96. The van der Waals surface area contributed by atoms with E-state index in [0.717, 1.165) is 38.4 Å². The van der Waals surface area contributed by atoms with Crippen molar-refractivity contribution in [2.75, 3.05) is 45.1 Å². The number of imide groups is 1. The van der Waals surface area contributed by atoms with E-state index in [2.05, 4.69) is 22.2 Å². The molecular formula is C19H26N4O3. The Morgan fingerprint density at radius 2 is 1.62 bits per heavy atom. The van der Waals surface area contributed by atoms with Gasteiger partial charge >= 0.3 is 0 Å². The SMILES string of the molecule is CN1CCN(Cc2ccc(NC(=O)CCN3C(=O)CCC3=O)cc2)CC1. The second kappa shape index (κ2) is 8.42. The van der Waals surface area contributed by atoms with Crippen molar-refractivity contribution in [2.45, 2.75) is 25.8 Å². The van der Waals surface area contributed by atoms with E-state index < -0.39 is 0 Å². The lowest BCUT2D eigenvalue weighted by molar-refractivity contribution is -0.138. The number of nitrogens with zero attached hydrogens (tertiary/aromatic N) is 3. The summed E-state index contributed by atoms with van der Waals surface area (Å²) in [4.78, 5) is 41.1. The van der Waals surface area contributed by atoms with Crippen molar-refractivity contribution in [2.24, 2.45) is 0 Å². The van der Waals surface area contributed by atoms with Crippen LogP contribution in [0.25, 0.3) is 0 Å². The third kappa shape index (κ3) is 4.89. The number of hydrogen-bond acceptors (Lipinski definition) is 5. The first kappa shape index (κ1) is 18.5. The molecule has 2 heterocycles. The first-order valence-corrected chi connectivity index (χ1v) is 9.14. The molecule has 2 aliphatic rings. The summed E-state index contributed by atoms with van der Waals surface area (Å²) in [6.45, 7) is 5.41. The minimum Gasteiger partial charge on any atom is -0.326 e. The van der Waals surface area contributed by atoms with Crippen LogP contribution in [0.3, 0.4) is 0 Å². The predicted octanol–water partition coefficient (Wildman–Crippen LogP) is 0.912. The highest BCUT2D eigenvalue weighted by molar-refractivity contribution is 6.02. The third-order valence-corrected chi connectivity index (χ3v) is 4.96. The molecule has 0 aliphatic carbocycles. The monoisotopic (exact) mass is 358 g/mol. The van der Waals surface area contributed by atoms with E-state index in [1.807, 2.05) is 24.3 Å². The molecule has 2 fully saturated rings.